The fourth-order valence-corrected chi connectivity index (χ4v) is 4.82. The number of nitrogens with zero attached hydrogens (tertiary/aromatic N) is 1. The fraction of sp³-hybridized carbons (Fsp3) is 0.280. The molecule has 3 atom stereocenters. The van der Waals surface area contributed by atoms with Crippen LogP contribution in [-0.4, -0.2) is 30.9 Å². The molecule has 170 valence electrons. The summed E-state index contributed by atoms with van der Waals surface area (Å²) in [6, 6.07) is 13.6. The molecule has 1 heterocycles. The molecule has 2 aromatic rings. The number of nitro groups is 1. The Morgan fingerprint density at radius 2 is 1.88 bits per heavy atom. The molecule has 8 heteroatoms. The number of esters is 1. The van der Waals surface area contributed by atoms with Crippen molar-refractivity contribution in [3.05, 3.63) is 92.8 Å². The largest absolute Gasteiger partial charge is 0.496 e. The van der Waals surface area contributed by atoms with Gasteiger partial charge in [0.25, 0.3) is 5.69 Å². The third-order valence-corrected chi connectivity index (χ3v) is 6.25. The predicted molar refractivity (Wildman–Crippen MR) is 121 cm³/mol. The number of methoxy groups -OCH3 is 2. The van der Waals surface area contributed by atoms with Crippen molar-refractivity contribution in [3.63, 3.8) is 0 Å². The Kier molecular flexibility index (Phi) is 6.00. The molecule has 0 saturated heterocycles. The lowest BCUT2D eigenvalue weighted by molar-refractivity contribution is -0.384. The molecular weight excluding hydrogens is 424 g/mol. The molecule has 3 unspecified atom stereocenters. The van der Waals surface area contributed by atoms with Crippen molar-refractivity contribution in [1.82, 2.24) is 5.32 Å². The number of carbonyl (C=O) groups excluding carboxylic acids is 2. The minimum Gasteiger partial charge on any atom is -0.496 e. The fourth-order valence-electron chi connectivity index (χ4n) is 4.82. The van der Waals surface area contributed by atoms with E-state index in [1.54, 1.807) is 26.2 Å². The predicted octanol–water partition coefficient (Wildman–Crippen LogP) is 3.99. The van der Waals surface area contributed by atoms with Crippen LogP contribution < -0.4 is 10.1 Å². The molecule has 33 heavy (non-hydrogen) atoms. The number of nitro benzene ring substituents is 1. The molecule has 0 aromatic heterocycles. The summed E-state index contributed by atoms with van der Waals surface area (Å²) in [6.45, 7) is 1.74. The SMILES string of the molecule is COC(=O)C1=C(C)NC2=CC(c3ccccc3OC)CC(=O)C2C1c1cccc([N+](=O)[O-])c1. The average molecular weight is 448 g/mol. The molecule has 4 rings (SSSR count). The van der Waals surface area contributed by atoms with Crippen molar-refractivity contribution in [3.8, 4) is 5.75 Å². The van der Waals surface area contributed by atoms with Crippen molar-refractivity contribution in [2.24, 2.45) is 5.92 Å². The molecule has 0 radical (unpaired) electrons. The normalized spacial score (nSPS) is 22.1. The zero-order chi connectivity index (χ0) is 23.7. The molecule has 0 spiro atoms. The second-order valence-electron chi connectivity index (χ2n) is 8.10. The van der Waals surface area contributed by atoms with E-state index in [4.69, 9.17) is 9.47 Å². The number of allylic oxidation sites excluding steroid dienone is 3. The Hall–Kier alpha value is -3.94. The molecule has 0 bridgehead atoms. The molecule has 0 saturated carbocycles. The van der Waals surface area contributed by atoms with Gasteiger partial charge in [0, 0.05) is 47.3 Å². The van der Waals surface area contributed by atoms with Crippen LogP contribution in [0.3, 0.4) is 0 Å². The van der Waals surface area contributed by atoms with Crippen LogP contribution in [-0.2, 0) is 14.3 Å². The van der Waals surface area contributed by atoms with E-state index in [-0.39, 0.29) is 23.8 Å². The molecule has 2 aromatic carbocycles. The highest BCUT2D eigenvalue weighted by molar-refractivity contribution is 5.96. The van der Waals surface area contributed by atoms with Crippen LogP contribution in [0, 0.1) is 16.0 Å². The Balaban J connectivity index is 1.86. The van der Waals surface area contributed by atoms with Crippen molar-refractivity contribution in [2.45, 2.75) is 25.2 Å². The number of hydrogen-bond donors (Lipinski definition) is 1. The van der Waals surface area contributed by atoms with Gasteiger partial charge in [-0.25, -0.2) is 4.79 Å². The van der Waals surface area contributed by atoms with Gasteiger partial charge in [0.05, 0.1) is 30.6 Å². The summed E-state index contributed by atoms with van der Waals surface area (Å²) >= 11 is 0. The smallest absolute Gasteiger partial charge is 0.336 e. The van der Waals surface area contributed by atoms with Gasteiger partial charge in [-0.1, -0.05) is 36.4 Å². The topological polar surface area (TPSA) is 108 Å². The number of carbonyl (C=O) groups is 2. The summed E-state index contributed by atoms with van der Waals surface area (Å²) in [6.07, 6.45) is 2.21. The second-order valence-corrected chi connectivity index (χ2v) is 8.10. The van der Waals surface area contributed by atoms with E-state index in [0.29, 0.717) is 28.3 Å². The van der Waals surface area contributed by atoms with Gasteiger partial charge < -0.3 is 14.8 Å². The Morgan fingerprint density at radius 3 is 2.58 bits per heavy atom. The molecule has 0 fully saturated rings. The van der Waals surface area contributed by atoms with Gasteiger partial charge >= 0.3 is 5.97 Å². The number of rotatable bonds is 5. The van der Waals surface area contributed by atoms with Gasteiger partial charge in [0.2, 0.25) is 0 Å². The molecule has 2 aliphatic rings. The minimum atomic E-state index is -0.698. The minimum absolute atomic E-state index is 0.0682. The first-order valence-corrected chi connectivity index (χ1v) is 10.5. The lowest BCUT2D eigenvalue weighted by Crippen LogP contribution is -2.41. The molecule has 1 aliphatic carbocycles. The maximum atomic E-state index is 13.5. The number of ketones is 1. The van der Waals surface area contributed by atoms with Crippen LogP contribution in [0.25, 0.3) is 0 Å². The highest BCUT2D eigenvalue weighted by atomic mass is 16.6. The molecule has 1 aliphatic heterocycles. The van der Waals surface area contributed by atoms with E-state index in [1.807, 2.05) is 30.3 Å². The zero-order valence-electron chi connectivity index (χ0n) is 18.5. The number of para-hydroxylation sites is 1. The second kappa shape index (κ2) is 8.90. The number of fused-ring (bicyclic) bond motifs is 1. The van der Waals surface area contributed by atoms with Crippen molar-refractivity contribution in [2.75, 3.05) is 14.2 Å². The van der Waals surface area contributed by atoms with E-state index >= 15 is 0 Å². The van der Waals surface area contributed by atoms with Gasteiger partial charge in [-0.05, 0) is 18.6 Å². The zero-order valence-corrected chi connectivity index (χ0v) is 18.5. The van der Waals surface area contributed by atoms with Crippen LogP contribution in [0.2, 0.25) is 0 Å². The number of ether oxygens (including phenoxy) is 2. The van der Waals surface area contributed by atoms with Gasteiger partial charge in [-0.2, -0.15) is 0 Å². The monoisotopic (exact) mass is 448 g/mol. The van der Waals surface area contributed by atoms with Crippen molar-refractivity contribution >= 4 is 17.4 Å². The summed E-state index contributed by atoms with van der Waals surface area (Å²) in [7, 11) is 2.87. The van der Waals surface area contributed by atoms with E-state index in [1.165, 1.54) is 19.2 Å². The van der Waals surface area contributed by atoms with Gasteiger partial charge in [0.1, 0.15) is 11.5 Å². The maximum absolute atomic E-state index is 13.5. The van der Waals surface area contributed by atoms with Crippen LogP contribution in [0.4, 0.5) is 5.69 Å². The Morgan fingerprint density at radius 1 is 1.12 bits per heavy atom. The van der Waals surface area contributed by atoms with E-state index in [9.17, 15) is 19.7 Å². The summed E-state index contributed by atoms with van der Waals surface area (Å²) in [5.74, 6) is -1.53. The first-order chi connectivity index (χ1) is 15.8. The number of hydrogen-bond acceptors (Lipinski definition) is 7. The Labute approximate surface area is 191 Å². The van der Waals surface area contributed by atoms with Gasteiger partial charge in [-0.15, -0.1) is 0 Å². The highest BCUT2D eigenvalue weighted by Gasteiger charge is 2.45. The number of nitrogens with one attached hydrogen (secondary N) is 1. The maximum Gasteiger partial charge on any atom is 0.336 e. The average Bonchev–Trinajstić information content (AvgIpc) is 2.82. The van der Waals surface area contributed by atoms with E-state index in [2.05, 4.69) is 5.32 Å². The first-order valence-electron chi connectivity index (χ1n) is 10.5. The standard InChI is InChI=1S/C25H24N2O6/c1-14-22(25(29)33-3)23(15-7-6-8-17(11-15)27(30)31)24-19(26-14)12-16(13-20(24)28)18-9-4-5-10-21(18)32-2/h4-12,16,23-24,26H,13H2,1-3H3. The summed E-state index contributed by atoms with van der Waals surface area (Å²) < 4.78 is 10.5. The summed E-state index contributed by atoms with van der Waals surface area (Å²) in [4.78, 5) is 37.2. The molecule has 1 N–H and O–H groups in total. The Bertz CT molecular complexity index is 1200. The van der Waals surface area contributed by atoms with Crippen molar-refractivity contribution < 1.29 is 24.0 Å². The highest BCUT2D eigenvalue weighted by Crippen LogP contribution is 2.47. The third kappa shape index (κ3) is 4.00. The first kappa shape index (κ1) is 22.3. The van der Waals surface area contributed by atoms with Crippen molar-refractivity contribution in [1.29, 1.82) is 0 Å². The van der Waals surface area contributed by atoms with E-state index < -0.39 is 22.7 Å². The van der Waals surface area contributed by atoms with Gasteiger partial charge in [-0.3, -0.25) is 14.9 Å². The van der Waals surface area contributed by atoms with Crippen LogP contribution in [0.15, 0.2) is 71.6 Å². The number of benzene rings is 2. The van der Waals surface area contributed by atoms with Crippen LogP contribution in [0.5, 0.6) is 5.75 Å². The molecule has 0 amide bonds. The summed E-state index contributed by atoms with van der Waals surface area (Å²) in [5, 5.41) is 14.6. The lowest BCUT2D eigenvalue weighted by atomic mass is 9.68. The third-order valence-electron chi connectivity index (χ3n) is 6.25. The summed E-state index contributed by atoms with van der Waals surface area (Å²) in [5.41, 5.74) is 2.83. The molecule has 8 nitrogen and oxygen atoms in total. The van der Waals surface area contributed by atoms with Crippen LogP contribution >= 0.6 is 0 Å². The number of non-ortho nitro benzene ring substituents is 1. The van der Waals surface area contributed by atoms with E-state index in [0.717, 1.165) is 5.56 Å². The molecular formula is C25H24N2O6. The van der Waals surface area contributed by atoms with Crippen LogP contribution in [0.1, 0.15) is 36.3 Å². The lowest BCUT2D eigenvalue weighted by Gasteiger charge is -2.39. The number of Topliss-reactive ketones (excluding diaryl/α,β-unsaturated/α-hetero) is 1. The van der Waals surface area contributed by atoms with Gasteiger partial charge in [0.15, 0.2) is 0 Å². The quantitative estimate of drug-likeness (QED) is 0.418.